The van der Waals surface area contributed by atoms with E-state index in [9.17, 15) is 9.59 Å². The predicted octanol–water partition coefficient (Wildman–Crippen LogP) is 1.87. The second-order valence-corrected chi connectivity index (χ2v) is 5.24. The third-order valence-electron chi connectivity index (χ3n) is 3.36. The van der Waals surface area contributed by atoms with Gasteiger partial charge in [0.2, 0.25) is 0 Å². The molecule has 8 nitrogen and oxygen atoms in total. The molecular weight excluding hydrogens is 332 g/mol. The first-order chi connectivity index (χ1) is 12.7. The molecule has 4 N–H and O–H groups in total. The Morgan fingerprint density at radius 3 is 1.69 bits per heavy atom. The highest BCUT2D eigenvalue weighted by Crippen LogP contribution is 2.01. The molecule has 3 aromatic rings. The van der Waals surface area contributed by atoms with Crippen molar-refractivity contribution in [2.75, 3.05) is 0 Å². The van der Waals surface area contributed by atoms with Gasteiger partial charge < -0.3 is 9.97 Å². The highest BCUT2D eigenvalue weighted by molar-refractivity contribution is 5.94. The number of nitrogens with one attached hydrogen (secondary N) is 4. The molecule has 0 saturated heterocycles. The molecule has 0 radical (unpaired) electrons. The first kappa shape index (κ1) is 16.9. The van der Waals surface area contributed by atoms with E-state index in [1.165, 1.54) is 12.4 Å². The summed E-state index contributed by atoms with van der Waals surface area (Å²) < 4.78 is 0. The molecule has 3 rings (SSSR count). The number of H-pyrrole nitrogens is 2. The Balaban J connectivity index is 1.56. The Labute approximate surface area is 149 Å². The Kier molecular flexibility index (Phi) is 5.36. The number of carbonyl (C=O) groups is 2. The number of amides is 2. The summed E-state index contributed by atoms with van der Waals surface area (Å²) in [6.45, 7) is 0. The van der Waals surface area contributed by atoms with Gasteiger partial charge in [-0.1, -0.05) is 18.2 Å². The second-order valence-electron chi connectivity index (χ2n) is 5.24. The van der Waals surface area contributed by atoms with Crippen molar-refractivity contribution in [2.24, 2.45) is 10.2 Å². The zero-order valence-corrected chi connectivity index (χ0v) is 13.6. The molecule has 26 heavy (non-hydrogen) atoms. The molecule has 2 heterocycles. The Morgan fingerprint density at radius 1 is 0.769 bits per heavy atom. The molecule has 0 spiro atoms. The maximum atomic E-state index is 11.7. The van der Waals surface area contributed by atoms with Crippen LogP contribution in [0.5, 0.6) is 0 Å². The fraction of sp³-hybridized carbons (Fsp3) is 0. The summed E-state index contributed by atoms with van der Waals surface area (Å²) in [4.78, 5) is 29.1. The predicted molar refractivity (Wildman–Crippen MR) is 98.1 cm³/mol. The van der Waals surface area contributed by atoms with Crippen molar-refractivity contribution in [3.63, 3.8) is 0 Å². The van der Waals surface area contributed by atoms with Crippen molar-refractivity contribution in [3.05, 3.63) is 83.4 Å². The summed E-state index contributed by atoms with van der Waals surface area (Å²) >= 11 is 0. The number of benzene rings is 1. The number of aromatic amines is 2. The number of hydrogen-bond donors (Lipinski definition) is 4. The van der Waals surface area contributed by atoms with Crippen LogP contribution in [0.1, 0.15) is 32.1 Å². The summed E-state index contributed by atoms with van der Waals surface area (Å²) in [5, 5.41) is 7.84. The summed E-state index contributed by atoms with van der Waals surface area (Å²) in [6.07, 6.45) is 6.37. The lowest BCUT2D eigenvalue weighted by molar-refractivity contribution is 0.0943. The summed E-state index contributed by atoms with van der Waals surface area (Å²) in [5.74, 6) is -0.646. The van der Waals surface area contributed by atoms with E-state index in [0.29, 0.717) is 11.4 Å². The normalized spacial score (nSPS) is 11.1. The molecule has 1 aromatic carbocycles. The lowest BCUT2D eigenvalue weighted by Crippen LogP contribution is -2.18. The van der Waals surface area contributed by atoms with Crippen LogP contribution in [0.2, 0.25) is 0 Å². The lowest BCUT2D eigenvalue weighted by Gasteiger charge is -1.99. The fourth-order valence-corrected chi connectivity index (χ4v) is 2.11. The summed E-state index contributed by atoms with van der Waals surface area (Å²) in [6, 6.07) is 14.1. The van der Waals surface area contributed by atoms with E-state index in [1.807, 2.05) is 24.3 Å². The van der Waals surface area contributed by atoms with Crippen LogP contribution in [0.3, 0.4) is 0 Å². The van der Waals surface area contributed by atoms with Gasteiger partial charge in [-0.25, -0.2) is 10.9 Å². The highest BCUT2D eigenvalue weighted by Gasteiger charge is 2.04. The maximum Gasteiger partial charge on any atom is 0.287 e. The fourth-order valence-electron chi connectivity index (χ4n) is 2.11. The van der Waals surface area contributed by atoms with E-state index >= 15 is 0 Å². The molecule has 2 amide bonds. The molecule has 0 aliphatic heterocycles. The van der Waals surface area contributed by atoms with E-state index in [1.54, 1.807) is 36.7 Å². The molecular formula is C18H16N6O2. The van der Waals surface area contributed by atoms with Crippen molar-refractivity contribution >= 4 is 24.2 Å². The van der Waals surface area contributed by atoms with E-state index in [4.69, 9.17) is 0 Å². The van der Waals surface area contributed by atoms with Gasteiger partial charge in [0, 0.05) is 12.4 Å². The average Bonchev–Trinajstić information content (AvgIpc) is 3.36. The summed E-state index contributed by atoms with van der Waals surface area (Å²) in [5.41, 5.74) is 7.28. The van der Waals surface area contributed by atoms with Gasteiger partial charge in [-0.15, -0.1) is 0 Å². The third kappa shape index (κ3) is 4.54. The standard InChI is InChI=1S/C18H16N6O2/c25-17(15-6-2-8-19-15)23-21-11-13-4-1-5-14(10-13)12-22-24-18(26)16-7-3-9-20-16/h1-12,19-20H,(H,23,25)(H,24,26)/b21-11-,22-12-. The smallest absolute Gasteiger partial charge is 0.287 e. The zero-order chi connectivity index (χ0) is 18.2. The molecule has 8 heteroatoms. The van der Waals surface area contributed by atoms with Crippen LogP contribution < -0.4 is 10.9 Å². The van der Waals surface area contributed by atoms with Gasteiger partial charge in [0.05, 0.1) is 12.4 Å². The molecule has 0 aliphatic rings. The molecule has 2 aromatic heterocycles. The van der Waals surface area contributed by atoms with Crippen molar-refractivity contribution in [1.29, 1.82) is 0 Å². The van der Waals surface area contributed by atoms with Crippen LogP contribution in [0.25, 0.3) is 0 Å². The van der Waals surface area contributed by atoms with Crippen molar-refractivity contribution in [3.8, 4) is 0 Å². The van der Waals surface area contributed by atoms with Crippen LogP contribution in [-0.2, 0) is 0 Å². The number of nitrogens with zero attached hydrogens (tertiary/aromatic N) is 2. The van der Waals surface area contributed by atoms with Gasteiger partial charge in [-0.3, -0.25) is 9.59 Å². The highest BCUT2D eigenvalue weighted by atomic mass is 16.2. The second kappa shape index (κ2) is 8.25. The van der Waals surface area contributed by atoms with Gasteiger partial charge in [0.15, 0.2) is 0 Å². The number of hydrogen-bond acceptors (Lipinski definition) is 4. The van der Waals surface area contributed by atoms with Crippen LogP contribution in [0.15, 0.2) is 71.1 Å². The Bertz CT molecular complexity index is 853. The van der Waals surface area contributed by atoms with Gasteiger partial charge in [-0.05, 0) is 41.5 Å². The molecule has 0 bridgehead atoms. The third-order valence-corrected chi connectivity index (χ3v) is 3.36. The van der Waals surface area contributed by atoms with Gasteiger partial charge >= 0.3 is 0 Å². The van der Waals surface area contributed by atoms with Gasteiger partial charge in [-0.2, -0.15) is 10.2 Å². The average molecular weight is 348 g/mol. The maximum absolute atomic E-state index is 11.7. The molecule has 0 aliphatic carbocycles. The SMILES string of the molecule is O=C(N/N=C\c1cccc(/C=N\NC(=O)c2ccc[nH]2)c1)c1ccc[nH]1. The van der Waals surface area contributed by atoms with Crippen molar-refractivity contribution in [2.45, 2.75) is 0 Å². The summed E-state index contributed by atoms with van der Waals surface area (Å²) in [7, 11) is 0. The van der Waals surface area contributed by atoms with Crippen LogP contribution in [0.4, 0.5) is 0 Å². The first-order valence-electron chi connectivity index (χ1n) is 7.76. The van der Waals surface area contributed by atoms with Crippen LogP contribution in [0, 0.1) is 0 Å². The van der Waals surface area contributed by atoms with E-state index < -0.39 is 0 Å². The minimum absolute atomic E-state index is 0.323. The van der Waals surface area contributed by atoms with Crippen molar-refractivity contribution in [1.82, 2.24) is 20.8 Å². The van der Waals surface area contributed by atoms with E-state index in [0.717, 1.165) is 11.1 Å². The Morgan fingerprint density at radius 2 is 1.27 bits per heavy atom. The molecule has 0 fully saturated rings. The minimum atomic E-state index is -0.323. The number of carbonyl (C=O) groups excluding carboxylic acids is 2. The Hall–Kier alpha value is -3.94. The van der Waals surface area contributed by atoms with Gasteiger partial charge in [0.1, 0.15) is 11.4 Å². The van der Waals surface area contributed by atoms with Crippen LogP contribution in [-0.4, -0.2) is 34.2 Å². The van der Waals surface area contributed by atoms with E-state index in [2.05, 4.69) is 31.0 Å². The van der Waals surface area contributed by atoms with Crippen molar-refractivity contribution < 1.29 is 9.59 Å². The molecule has 0 saturated carbocycles. The number of hydrazone groups is 2. The zero-order valence-electron chi connectivity index (χ0n) is 13.6. The van der Waals surface area contributed by atoms with E-state index in [-0.39, 0.29) is 11.8 Å². The first-order valence-corrected chi connectivity index (χ1v) is 7.76. The molecule has 130 valence electrons. The molecule has 0 unspecified atom stereocenters. The largest absolute Gasteiger partial charge is 0.357 e. The lowest BCUT2D eigenvalue weighted by atomic mass is 10.1. The quantitative estimate of drug-likeness (QED) is 0.402. The van der Waals surface area contributed by atoms with Gasteiger partial charge in [0.25, 0.3) is 11.8 Å². The molecule has 0 atom stereocenters. The number of rotatable bonds is 6. The monoisotopic (exact) mass is 348 g/mol. The van der Waals surface area contributed by atoms with Crippen LogP contribution >= 0.6 is 0 Å². The number of aromatic nitrogens is 2. The topological polar surface area (TPSA) is 114 Å². The minimum Gasteiger partial charge on any atom is -0.357 e.